The van der Waals surface area contributed by atoms with E-state index in [4.69, 9.17) is 8.85 Å². The van der Waals surface area contributed by atoms with Crippen LogP contribution in [0.3, 0.4) is 0 Å². The van der Waals surface area contributed by atoms with E-state index in [0.29, 0.717) is 0 Å². The molecule has 0 N–H and O–H groups in total. The van der Waals surface area contributed by atoms with Crippen LogP contribution in [0.1, 0.15) is 6.42 Å². The minimum Gasteiger partial charge on any atom is -0.397 e. The van der Waals surface area contributed by atoms with E-state index in [0.717, 1.165) is 19.6 Å². The second kappa shape index (κ2) is 2.45. The Morgan fingerprint density at radius 3 is 2.14 bits per heavy atom. The van der Waals surface area contributed by atoms with Crippen LogP contribution in [0.2, 0.25) is 6.55 Å². The molecule has 1 aliphatic heterocycles. The van der Waals surface area contributed by atoms with Crippen molar-refractivity contribution in [2.45, 2.75) is 13.0 Å². The first kappa shape index (κ1) is 5.28. The van der Waals surface area contributed by atoms with Crippen LogP contribution in [0, 0.1) is 0 Å². The average Bonchev–Trinajstić information content (AvgIpc) is 1.69. The first-order chi connectivity index (χ1) is 3.39. The lowest BCUT2D eigenvalue weighted by Crippen LogP contribution is -2.25. The molecule has 42 valence electrons. The van der Waals surface area contributed by atoms with Gasteiger partial charge in [-0.2, -0.15) is 0 Å². The standard InChI is InChI=1S/C4H10O2Si/c1-7-5-3-2-4-6-7/h7H,2-4H2,1H3. The summed E-state index contributed by atoms with van der Waals surface area (Å²) >= 11 is 0. The van der Waals surface area contributed by atoms with Gasteiger partial charge in [-0.25, -0.2) is 0 Å². The van der Waals surface area contributed by atoms with Crippen LogP contribution in [0.4, 0.5) is 0 Å². The van der Waals surface area contributed by atoms with E-state index >= 15 is 0 Å². The minimum atomic E-state index is -1.09. The maximum absolute atomic E-state index is 5.19. The molecule has 0 aromatic carbocycles. The molecule has 0 unspecified atom stereocenters. The van der Waals surface area contributed by atoms with Crippen LogP contribution in [0.15, 0.2) is 0 Å². The average molecular weight is 118 g/mol. The SMILES string of the molecule is C[SiH]1OCCCO1. The largest absolute Gasteiger partial charge is 0.397 e. The molecule has 1 saturated heterocycles. The Bertz CT molecular complexity index is 51.7. The van der Waals surface area contributed by atoms with Gasteiger partial charge < -0.3 is 8.85 Å². The Kier molecular flexibility index (Phi) is 1.84. The van der Waals surface area contributed by atoms with Crippen molar-refractivity contribution in [3.63, 3.8) is 0 Å². The molecule has 0 bridgehead atoms. The zero-order valence-electron chi connectivity index (χ0n) is 4.52. The second-order valence-electron chi connectivity index (χ2n) is 1.66. The van der Waals surface area contributed by atoms with Gasteiger partial charge in [0.25, 0.3) is 0 Å². The van der Waals surface area contributed by atoms with E-state index in [-0.39, 0.29) is 0 Å². The molecular formula is C4H10O2Si. The summed E-state index contributed by atoms with van der Waals surface area (Å²) in [6.07, 6.45) is 1.08. The monoisotopic (exact) mass is 118 g/mol. The van der Waals surface area contributed by atoms with Gasteiger partial charge in [0.1, 0.15) is 0 Å². The molecule has 0 amide bonds. The molecule has 0 radical (unpaired) electrons. The van der Waals surface area contributed by atoms with Gasteiger partial charge in [0.05, 0.1) is 0 Å². The van der Waals surface area contributed by atoms with Crippen LogP contribution in [0.25, 0.3) is 0 Å². The molecule has 1 fully saturated rings. The number of rotatable bonds is 0. The van der Waals surface area contributed by atoms with Crippen molar-refractivity contribution in [1.29, 1.82) is 0 Å². The van der Waals surface area contributed by atoms with E-state index in [1.165, 1.54) is 0 Å². The number of hydrogen-bond donors (Lipinski definition) is 0. The van der Waals surface area contributed by atoms with E-state index < -0.39 is 9.28 Å². The quantitative estimate of drug-likeness (QED) is 0.425. The van der Waals surface area contributed by atoms with Crippen molar-refractivity contribution in [2.24, 2.45) is 0 Å². The predicted molar refractivity (Wildman–Crippen MR) is 29.5 cm³/mol. The van der Waals surface area contributed by atoms with Crippen molar-refractivity contribution >= 4 is 9.28 Å². The third-order valence-electron chi connectivity index (χ3n) is 0.994. The third-order valence-corrected chi connectivity index (χ3v) is 2.40. The van der Waals surface area contributed by atoms with Crippen LogP contribution >= 0.6 is 0 Å². The molecule has 0 aromatic rings. The van der Waals surface area contributed by atoms with Crippen molar-refractivity contribution in [3.05, 3.63) is 0 Å². The van der Waals surface area contributed by atoms with Crippen LogP contribution in [0.5, 0.6) is 0 Å². The fourth-order valence-corrected chi connectivity index (χ4v) is 1.70. The Morgan fingerprint density at radius 2 is 1.86 bits per heavy atom. The maximum atomic E-state index is 5.19. The summed E-state index contributed by atoms with van der Waals surface area (Å²) < 4.78 is 10.4. The lowest BCUT2D eigenvalue weighted by molar-refractivity contribution is 0.138. The molecule has 3 heteroatoms. The number of hydrogen-bond acceptors (Lipinski definition) is 2. The third kappa shape index (κ3) is 1.59. The highest BCUT2D eigenvalue weighted by Gasteiger charge is 2.08. The molecule has 0 aliphatic carbocycles. The Balaban J connectivity index is 2.12. The fourth-order valence-electron chi connectivity index (χ4n) is 0.606. The summed E-state index contributed by atoms with van der Waals surface area (Å²) in [5, 5.41) is 0. The Morgan fingerprint density at radius 1 is 1.29 bits per heavy atom. The normalized spacial score (nSPS) is 25.3. The highest BCUT2D eigenvalue weighted by Crippen LogP contribution is 1.98. The molecule has 1 heterocycles. The summed E-state index contributed by atoms with van der Waals surface area (Å²) in [5.41, 5.74) is 0. The van der Waals surface area contributed by atoms with E-state index in [1.54, 1.807) is 0 Å². The van der Waals surface area contributed by atoms with Gasteiger partial charge in [-0.1, -0.05) is 0 Å². The van der Waals surface area contributed by atoms with Crippen LogP contribution in [-0.2, 0) is 8.85 Å². The van der Waals surface area contributed by atoms with Crippen molar-refractivity contribution < 1.29 is 8.85 Å². The molecule has 0 aromatic heterocycles. The summed E-state index contributed by atoms with van der Waals surface area (Å²) in [6.45, 7) is 3.90. The lowest BCUT2D eigenvalue weighted by Gasteiger charge is -2.17. The zero-order chi connectivity index (χ0) is 5.11. The van der Waals surface area contributed by atoms with Gasteiger partial charge in [-0.05, 0) is 13.0 Å². The second-order valence-corrected chi connectivity index (χ2v) is 3.46. The van der Waals surface area contributed by atoms with Crippen LogP contribution < -0.4 is 0 Å². The molecule has 1 rings (SSSR count). The summed E-state index contributed by atoms with van der Waals surface area (Å²) in [6, 6.07) is 0. The summed E-state index contributed by atoms with van der Waals surface area (Å²) in [4.78, 5) is 0. The first-order valence-electron chi connectivity index (χ1n) is 2.63. The molecule has 2 nitrogen and oxygen atoms in total. The van der Waals surface area contributed by atoms with Gasteiger partial charge in [0.2, 0.25) is 0 Å². The zero-order valence-corrected chi connectivity index (χ0v) is 5.67. The van der Waals surface area contributed by atoms with E-state index in [2.05, 4.69) is 6.55 Å². The van der Waals surface area contributed by atoms with Gasteiger partial charge in [0, 0.05) is 13.2 Å². The van der Waals surface area contributed by atoms with Crippen molar-refractivity contribution in [3.8, 4) is 0 Å². The summed E-state index contributed by atoms with van der Waals surface area (Å²) in [7, 11) is -1.09. The highest BCUT2D eigenvalue weighted by molar-refractivity contribution is 6.42. The molecule has 0 saturated carbocycles. The molecule has 0 atom stereocenters. The fraction of sp³-hybridized carbons (Fsp3) is 1.00. The Labute approximate surface area is 45.3 Å². The smallest absolute Gasteiger partial charge is 0.318 e. The van der Waals surface area contributed by atoms with Crippen molar-refractivity contribution in [1.82, 2.24) is 0 Å². The Hall–Kier alpha value is 0.137. The van der Waals surface area contributed by atoms with Gasteiger partial charge in [0.15, 0.2) is 0 Å². The molecule has 1 aliphatic rings. The molecule has 7 heavy (non-hydrogen) atoms. The topological polar surface area (TPSA) is 18.5 Å². The van der Waals surface area contributed by atoms with E-state index in [1.807, 2.05) is 0 Å². The highest BCUT2D eigenvalue weighted by atomic mass is 28.3. The molecule has 0 spiro atoms. The van der Waals surface area contributed by atoms with Crippen LogP contribution in [-0.4, -0.2) is 22.5 Å². The molecular weight excluding hydrogens is 108 g/mol. The minimum absolute atomic E-state index is 0.924. The first-order valence-corrected chi connectivity index (χ1v) is 4.72. The van der Waals surface area contributed by atoms with Gasteiger partial charge in [-0.15, -0.1) is 0 Å². The predicted octanol–water partition coefficient (Wildman–Crippen LogP) is 0.274. The summed E-state index contributed by atoms with van der Waals surface area (Å²) in [5.74, 6) is 0. The van der Waals surface area contributed by atoms with E-state index in [9.17, 15) is 0 Å². The maximum Gasteiger partial charge on any atom is 0.318 e. The lowest BCUT2D eigenvalue weighted by atomic mass is 10.5. The van der Waals surface area contributed by atoms with Gasteiger partial charge >= 0.3 is 9.28 Å². The van der Waals surface area contributed by atoms with Crippen molar-refractivity contribution in [2.75, 3.05) is 13.2 Å². The van der Waals surface area contributed by atoms with Gasteiger partial charge in [-0.3, -0.25) is 0 Å².